The second-order valence-corrected chi connectivity index (χ2v) is 6.72. The second-order valence-electron chi connectivity index (χ2n) is 6.72. The fourth-order valence-electron chi connectivity index (χ4n) is 3.36. The van der Waals surface area contributed by atoms with Crippen LogP contribution in [0.15, 0.2) is 42.5 Å². The van der Waals surface area contributed by atoms with Gasteiger partial charge in [-0.25, -0.2) is 0 Å². The third kappa shape index (κ3) is 4.95. The van der Waals surface area contributed by atoms with E-state index in [4.69, 9.17) is 4.74 Å². The Kier molecular flexibility index (Phi) is 6.29. The Hall–Kier alpha value is -2.07. The van der Waals surface area contributed by atoms with Crippen LogP contribution in [0.4, 0.5) is 0 Å². The molecule has 1 saturated heterocycles. The summed E-state index contributed by atoms with van der Waals surface area (Å²) >= 11 is 0. The molecule has 1 fully saturated rings. The molecule has 1 heterocycles. The quantitative estimate of drug-likeness (QED) is 0.747. The van der Waals surface area contributed by atoms with Crippen molar-refractivity contribution in [2.24, 2.45) is 0 Å². The largest absolute Gasteiger partial charge is 0.481 e. The van der Waals surface area contributed by atoms with Crippen molar-refractivity contribution in [1.29, 1.82) is 0 Å². The molecular formula is C21H28N2O2. The van der Waals surface area contributed by atoms with Crippen molar-refractivity contribution >= 4 is 16.7 Å². The number of nitrogens with zero attached hydrogens (tertiary/aromatic N) is 1. The minimum Gasteiger partial charge on any atom is -0.481 e. The molecule has 1 N–H and O–H groups in total. The van der Waals surface area contributed by atoms with Gasteiger partial charge in [-0.3, -0.25) is 4.79 Å². The summed E-state index contributed by atoms with van der Waals surface area (Å²) in [6.07, 6.45) is 3.84. The van der Waals surface area contributed by atoms with Gasteiger partial charge in [-0.15, -0.1) is 0 Å². The highest BCUT2D eigenvalue weighted by Gasteiger charge is 2.18. The van der Waals surface area contributed by atoms with Crippen LogP contribution in [0.25, 0.3) is 10.8 Å². The lowest BCUT2D eigenvalue weighted by Gasteiger charge is -2.18. The first-order valence-corrected chi connectivity index (χ1v) is 9.42. The smallest absolute Gasteiger partial charge is 0.261 e. The number of hydrogen-bond donors (Lipinski definition) is 1. The fourth-order valence-corrected chi connectivity index (χ4v) is 3.36. The van der Waals surface area contributed by atoms with Crippen molar-refractivity contribution < 1.29 is 9.53 Å². The van der Waals surface area contributed by atoms with Crippen molar-refractivity contribution in [2.75, 3.05) is 26.2 Å². The summed E-state index contributed by atoms with van der Waals surface area (Å²) < 4.78 is 5.94. The van der Waals surface area contributed by atoms with Gasteiger partial charge in [-0.05, 0) is 68.2 Å². The zero-order chi connectivity index (χ0) is 17.5. The molecule has 4 heteroatoms. The van der Waals surface area contributed by atoms with E-state index >= 15 is 0 Å². The van der Waals surface area contributed by atoms with Crippen molar-refractivity contribution in [2.45, 2.75) is 38.7 Å². The molecule has 2 aromatic rings. The fraction of sp³-hybridized carbons (Fsp3) is 0.476. The van der Waals surface area contributed by atoms with Gasteiger partial charge < -0.3 is 15.0 Å². The maximum Gasteiger partial charge on any atom is 0.261 e. The van der Waals surface area contributed by atoms with Gasteiger partial charge >= 0.3 is 0 Å². The number of rotatable bonds is 8. The molecular weight excluding hydrogens is 312 g/mol. The predicted molar refractivity (Wildman–Crippen MR) is 102 cm³/mol. The van der Waals surface area contributed by atoms with E-state index in [1.54, 1.807) is 0 Å². The van der Waals surface area contributed by atoms with E-state index in [1.165, 1.54) is 31.3 Å². The molecule has 0 aromatic heterocycles. The molecule has 1 aliphatic rings. The van der Waals surface area contributed by atoms with Gasteiger partial charge in [0.25, 0.3) is 5.91 Å². The lowest BCUT2D eigenvalue weighted by Crippen LogP contribution is -2.39. The van der Waals surface area contributed by atoms with Crippen LogP contribution in [0.1, 0.15) is 32.6 Å². The molecule has 4 nitrogen and oxygen atoms in total. The van der Waals surface area contributed by atoms with E-state index in [0.29, 0.717) is 13.0 Å². The van der Waals surface area contributed by atoms with Crippen LogP contribution < -0.4 is 10.1 Å². The standard InChI is InChI=1S/C21H28N2O2/c1-2-20(21(24)22-12-7-15-23-13-5-6-14-23)25-19-11-10-17-8-3-4-9-18(17)16-19/h3-4,8-11,16,20H,2,5-7,12-15H2,1H3,(H,22,24)/t20-/m0/s1. The summed E-state index contributed by atoms with van der Waals surface area (Å²) in [5.74, 6) is 0.731. The molecule has 1 atom stereocenters. The summed E-state index contributed by atoms with van der Waals surface area (Å²) in [6, 6.07) is 14.1. The maximum atomic E-state index is 12.4. The number of benzene rings is 2. The van der Waals surface area contributed by atoms with Gasteiger partial charge in [-0.2, -0.15) is 0 Å². The van der Waals surface area contributed by atoms with Gasteiger partial charge in [0.05, 0.1) is 0 Å². The van der Waals surface area contributed by atoms with E-state index in [9.17, 15) is 4.79 Å². The Balaban J connectivity index is 1.49. The van der Waals surface area contributed by atoms with E-state index in [-0.39, 0.29) is 5.91 Å². The first kappa shape index (κ1) is 17.7. The molecule has 1 amide bonds. The first-order valence-electron chi connectivity index (χ1n) is 9.42. The molecule has 134 valence electrons. The number of ether oxygens (including phenoxy) is 1. The average Bonchev–Trinajstić information content (AvgIpc) is 3.16. The number of fused-ring (bicyclic) bond motifs is 1. The Morgan fingerprint density at radius 1 is 1.16 bits per heavy atom. The lowest BCUT2D eigenvalue weighted by molar-refractivity contribution is -0.128. The molecule has 25 heavy (non-hydrogen) atoms. The topological polar surface area (TPSA) is 41.6 Å². The number of carbonyl (C=O) groups is 1. The highest BCUT2D eigenvalue weighted by atomic mass is 16.5. The number of likely N-dealkylation sites (tertiary alicyclic amines) is 1. The molecule has 1 aliphatic heterocycles. The predicted octanol–water partition coefficient (Wildman–Crippen LogP) is 3.60. The third-order valence-corrected chi connectivity index (χ3v) is 4.81. The Morgan fingerprint density at radius 3 is 2.68 bits per heavy atom. The van der Waals surface area contributed by atoms with Crippen LogP contribution in [0.2, 0.25) is 0 Å². The third-order valence-electron chi connectivity index (χ3n) is 4.81. The number of amides is 1. The van der Waals surface area contributed by atoms with Gasteiger partial charge in [-0.1, -0.05) is 37.3 Å². The summed E-state index contributed by atoms with van der Waals surface area (Å²) in [4.78, 5) is 14.9. The monoisotopic (exact) mass is 340 g/mol. The molecule has 0 bridgehead atoms. The summed E-state index contributed by atoms with van der Waals surface area (Å²) in [7, 11) is 0. The van der Waals surface area contributed by atoms with Crippen molar-refractivity contribution in [3.63, 3.8) is 0 Å². The van der Waals surface area contributed by atoms with E-state index in [2.05, 4.69) is 22.3 Å². The molecule has 0 saturated carbocycles. The normalized spacial score (nSPS) is 16.0. The molecule has 0 aliphatic carbocycles. The van der Waals surface area contributed by atoms with Gasteiger partial charge in [0.15, 0.2) is 6.10 Å². The van der Waals surface area contributed by atoms with Gasteiger partial charge in [0.2, 0.25) is 0 Å². The molecule has 2 aromatic carbocycles. The minimum absolute atomic E-state index is 0.0166. The molecule has 0 radical (unpaired) electrons. The minimum atomic E-state index is -0.437. The Bertz CT molecular complexity index is 695. The number of nitrogens with one attached hydrogen (secondary N) is 1. The zero-order valence-electron chi connectivity index (χ0n) is 15.0. The average molecular weight is 340 g/mol. The van der Waals surface area contributed by atoms with Gasteiger partial charge in [0, 0.05) is 6.54 Å². The molecule has 3 rings (SSSR count). The number of carbonyl (C=O) groups excluding carboxylic acids is 1. The summed E-state index contributed by atoms with van der Waals surface area (Å²) in [5.41, 5.74) is 0. The number of hydrogen-bond acceptors (Lipinski definition) is 3. The van der Waals surface area contributed by atoms with Crippen molar-refractivity contribution in [1.82, 2.24) is 10.2 Å². The van der Waals surface area contributed by atoms with Crippen LogP contribution in [-0.2, 0) is 4.79 Å². The van der Waals surface area contributed by atoms with E-state index in [1.807, 2.05) is 37.3 Å². The van der Waals surface area contributed by atoms with Crippen LogP contribution in [0.5, 0.6) is 5.75 Å². The Morgan fingerprint density at radius 2 is 1.92 bits per heavy atom. The molecule has 0 unspecified atom stereocenters. The maximum absolute atomic E-state index is 12.4. The summed E-state index contributed by atoms with van der Waals surface area (Å²) in [5, 5.41) is 5.33. The highest BCUT2D eigenvalue weighted by molar-refractivity contribution is 5.84. The first-order chi connectivity index (χ1) is 12.3. The second kappa shape index (κ2) is 8.86. The van der Waals surface area contributed by atoms with E-state index < -0.39 is 6.10 Å². The molecule has 0 spiro atoms. The van der Waals surface area contributed by atoms with Crippen LogP contribution in [0, 0.1) is 0 Å². The van der Waals surface area contributed by atoms with Gasteiger partial charge in [0.1, 0.15) is 5.75 Å². The Labute approximate surface area is 150 Å². The van der Waals surface area contributed by atoms with Crippen LogP contribution >= 0.6 is 0 Å². The zero-order valence-corrected chi connectivity index (χ0v) is 15.0. The highest BCUT2D eigenvalue weighted by Crippen LogP contribution is 2.22. The van der Waals surface area contributed by atoms with Crippen LogP contribution in [0.3, 0.4) is 0 Å². The van der Waals surface area contributed by atoms with Crippen LogP contribution in [-0.4, -0.2) is 43.1 Å². The SMILES string of the molecule is CC[C@H](Oc1ccc2ccccc2c1)C(=O)NCCCN1CCCC1. The van der Waals surface area contributed by atoms with Crippen molar-refractivity contribution in [3.05, 3.63) is 42.5 Å². The van der Waals surface area contributed by atoms with Crippen molar-refractivity contribution in [3.8, 4) is 5.75 Å². The van der Waals surface area contributed by atoms with E-state index in [0.717, 1.165) is 24.1 Å². The summed E-state index contributed by atoms with van der Waals surface area (Å²) in [6.45, 7) is 6.18. The lowest BCUT2D eigenvalue weighted by atomic mass is 10.1.